The molecule has 2 aromatic rings. The largest absolute Gasteiger partial charge is 0.350 e. The van der Waals surface area contributed by atoms with E-state index in [1.165, 1.54) is 0 Å². The predicted molar refractivity (Wildman–Crippen MR) is 92.9 cm³/mol. The number of halogens is 2. The molecule has 0 radical (unpaired) electrons. The molecule has 0 fully saturated rings. The Kier molecular flexibility index (Phi) is 9.21. The van der Waals surface area contributed by atoms with Crippen molar-refractivity contribution in [3.63, 3.8) is 0 Å². The zero-order chi connectivity index (χ0) is 13.7. The van der Waals surface area contributed by atoms with Crippen molar-refractivity contribution in [1.82, 2.24) is 15.6 Å². The number of aromatic nitrogens is 1. The highest BCUT2D eigenvalue weighted by atomic mass is 35.5. The molecule has 0 aliphatic carbocycles. The zero-order valence-electron chi connectivity index (χ0n) is 11.8. The Hall–Kier alpha value is -1.14. The highest BCUT2D eigenvalue weighted by molar-refractivity contribution is 7.07. The minimum Gasteiger partial charge on any atom is -0.350 e. The second-order valence-electron chi connectivity index (χ2n) is 4.35. The summed E-state index contributed by atoms with van der Waals surface area (Å²) in [6.45, 7) is 2.63. The van der Waals surface area contributed by atoms with Crippen LogP contribution in [0, 0.1) is 0 Å². The molecule has 1 amide bonds. The quantitative estimate of drug-likeness (QED) is 0.873. The molecule has 21 heavy (non-hydrogen) atoms. The maximum Gasteiger partial charge on any atom is 0.251 e. The number of benzene rings is 1. The summed E-state index contributed by atoms with van der Waals surface area (Å²) in [5.41, 5.74) is 4.32. The van der Waals surface area contributed by atoms with Crippen LogP contribution in [-0.2, 0) is 0 Å². The summed E-state index contributed by atoms with van der Waals surface area (Å²) in [4.78, 5) is 16.3. The topological polar surface area (TPSA) is 54.0 Å². The Morgan fingerprint density at radius 2 is 2.14 bits per heavy atom. The van der Waals surface area contributed by atoms with Crippen LogP contribution < -0.4 is 10.6 Å². The normalized spacial score (nSPS) is 11.0. The van der Waals surface area contributed by atoms with Gasteiger partial charge in [0.25, 0.3) is 5.91 Å². The van der Waals surface area contributed by atoms with Crippen LogP contribution in [0.5, 0.6) is 0 Å². The molecule has 4 nitrogen and oxygen atoms in total. The molecule has 1 atom stereocenters. The van der Waals surface area contributed by atoms with E-state index >= 15 is 0 Å². The lowest BCUT2D eigenvalue weighted by Crippen LogP contribution is -2.37. The third kappa shape index (κ3) is 5.63. The summed E-state index contributed by atoms with van der Waals surface area (Å²) >= 11 is 1.55. The Morgan fingerprint density at radius 3 is 2.76 bits per heavy atom. The molecule has 0 spiro atoms. The van der Waals surface area contributed by atoms with E-state index in [2.05, 4.69) is 15.6 Å². The molecule has 0 aliphatic rings. The van der Waals surface area contributed by atoms with E-state index in [-0.39, 0.29) is 36.8 Å². The van der Waals surface area contributed by atoms with Crippen LogP contribution in [0.1, 0.15) is 17.3 Å². The Balaban J connectivity index is 0.00000200. The molecule has 7 heteroatoms. The molecular weight excluding hydrogens is 329 g/mol. The van der Waals surface area contributed by atoms with Crippen molar-refractivity contribution in [2.75, 3.05) is 13.6 Å². The molecule has 1 aromatic heterocycles. The van der Waals surface area contributed by atoms with Crippen LogP contribution >= 0.6 is 36.2 Å². The van der Waals surface area contributed by atoms with Crippen molar-refractivity contribution in [1.29, 1.82) is 0 Å². The van der Waals surface area contributed by atoms with E-state index in [1.807, 2.05) is 43.6 Å². The highest BCUT2D eigenvalue weighted by Crippen LogP contribution is 2.19. The second kappa shape index (κ2) is 9.73. The molecule has 1 aromatic carbocycles. The molecule has 0 aliphatic heterocycles. The van der Waals surface area contributed by atoms with Gasteiger partial charge in [0, 0.05) is 29.1 Å². The summed E-state index contributed by atoms with van der Waals surface area (Å²) in [6.07, 6.45) is 0. The van der Waals surface area contributed by atoms with Gasteiger partial charge in [-0.2, -0.15) is 0 Å². The van der Waals surface area contributed by atoms with E-state index in [9.17, 15) is 4.79 Å². The van der Waals surface area contributed by atoms with Gasteiger partial charge in [-0.3, -0.25) is 4.79 Å². The van der Waals surface area contributed by atoms with Gasteiger partial charge in [-0.1, -0.05) is 12.1 Å². The van der Waals surface area contributed by atoms with E-state index in [1.54, 1.807) is 16.8 Å². The third-order valence-electron chi connectivity index (χ3n) is 2.91. The lowest BCUT2D eigenvalue weighted by molar-refractivity contribution is 0.0950. The van der Waals surface area contributed by atoms with Crippen molar-refractivity contribution in [3.8, 4) is 11.3 Å². The van der Waals surface area contributed by atoms with Crippen LogP contribution in [0.15, 0.2) is 35.2 Å². The minimum atomic E-state index is -0.0563. The van der Waals surface area contributed by atoms with Crippen molar-refractivity contribution < 1.29 is 4.79 Å². The molecule has 0 bridgehead atoms. The van der Waals surface area contributed by atoms with E-state index in [4.69, 9.17) is 0 Å². The lowest BCUT2D eigenvalue weighted by atomic mass is 10.1. The fourth-order valence-corrected chi connectivity index (χ4v) is 2.19. The second-order valence-corrected chi connectivity index (χ2v) is 5.07. The molecular formula is C14H19Cl2N3OS. The summed E-state index contributed by atoms with van der Waals surface area (Å²) < 4.78 is 0. The van der Waals surface area contributed by atoms with E-state index in [0.717, 1.165) is 11.3 Å². The number of hydrogen-bond donors (Lipinski definition) is 2. The van der Waals surface area contributed by atoms with Gasteiger partial charge >= 0.3 is 0 Å². The third-order valence-corrected chi connectivity index (χ3v) is 3.50. The number of amides is 1. The first-order valence-corrected chi connectivity index (χ1v) is 7.09. The van der Waals surface area contributed by atoms with Crippen molar-refractivity contribution in [2.45, 2.75) is 13.0 Å². The first kappa shape index (κ1) is 19.9. The molecule has 0 saturated heterocycles. The number of hydrogen-bond acceptors (Lipinski definition) is 4. The number of carbonyl (C=O) groups excluding carboxylic acids is 1. The smallest absolute Gasteiger partial charge is 0.251 e. The standard InChI is InChI=1S/C14H17N3OS.2ClH/c1-10(15-2)7-16-14(18)12-5-3-4-11(6-12)13-8-19-9-17-13;;/h3-6,8-10,15H,7H2,1-2H3,(H,16,18);2*1H. The van der Waals surface area contributed by atoms with Crippen LogP contribution in [0.25, 0.3) is 11.3 Å². The van der Waals surface area contributed by atoms with Gasteiger partial charge in [0.2, 0.25) is 0 Å². The SMILES string of the molecule is CNC(C)CNC(=O)c1cccc(-c2cscn2)c1.Cl.Cl. The zero-order valence-corrected chi connectivity index (χ0v) is 14.3. The van der Waals surface area contributed by atoms with Crippen LogP contribution in [0.2, 0.25) is 0 Å². The van der Waals surface area contributed by atoms with Crippen LogP contribution in [0.4, 0.5) is 0 Å². The molecule has 2 N–H and O–H groups in total. The van der Waals surface area contributed by atoms with Crippen LogP contribution in [0.3, 0.4) is 0 Å². The average molecular weight is 348 g/mol. The summed E-state index contributed by atoms with van der Waals surface area (Å²) in [5.74, 6) is -0.0563. The molecule has 2 rings (SSSR count). The highest BCUT2D eigenvalue weighted by Gasteiger charge is 2.08. The number of likely N-dealkylation sites (N-methyl/N-ethyl adjacent to an activating group) is 1. The Morgan fingerprint density at radius 1 is 1.38 bits per heavy atom. The number of thiazole rings is 1. The summed E-state index contributed by atoms with van der Waals surface area (Å²) in [6, 6.07) is 7.78. The summed E-state index contributed by atoms with van der Waals surface area (Å²) in [7, 11) is 1.87. The molecule has 116 valence electrons. The van der Waals surface area contributed by atoms with Crippen molar-refractivity contribution in [2.24, 2.45) is 0 Å². The summed E-state index contributed by atoms with van der Waals surface area (Å²) in [5, 5.41) is 7.96. The van der Waals surface area contributed by atoms with Gasteiger partial charge in [0.05, 0.1) is 11.2 Å². The van der Waals surface area contributed by atoms with Crippen molar-refractivity contribution >= 4 is 42.1 Å². The molecule has 1 unspecified atom stereocenters. The molecule has 0 saturated carbocycles. The fraction of sp³-hybridized carbons (Fsp3) is 0.286. The number of carbonyl (C=O) groups is 1. The van der Waals surface area contributed by atoms with Gasteiger partial charge in [0.1, 0.15) is 0 Å². The Bertz CT molecular complexity index is 549. The minimum absolute atomic E-state index is 0. The number of rotatable bonds is 5. The lowest BCUT2D eigenvalue weighted by Gasteiger charge is -2.11. The predicted octanol–water partition coefficient (Wildman–Crippen LogP) is 2.99. The molecule has 1 heterocycles. The Labute approximate surface area is 141 Å². The maximum atomic E-state index is 12.0. The van der Waals surface area contributed by atoms with Crippen LogP contribution in [-0.4, -0.2) is 30.5 Å². The van der Waals surface area contributed by atoms with E-state index < -0.39 is 0 Å². The van der Waals surface area contributed by atoms with Gasteiger partial charge in [0.15, 0.2) is 0 Å². The monoisotopic (exact) mass is 347 g/mol. The van der Waals surface area contributed by atoms with Gasteiger partial charge in [-0.05, 0) is 26.1 Å². The van der Waals surface area contributed by atoms with E-state index in [0.29, 0.717) is 12.1 Å². The van der Waals surface area contributed by atoms with Gasteiger partial charge in [-0.15, -0.1) is 36.2 Å². The maximum absolute atomic E-state index is 12.0. The first-order chi connectivity index (χ1) is 9.20. The first-order valence-electron chi connectivity index (χ1n) is 6.15. The number of nitrogens with one attached hydrogen (secondary N) is 2. The van der Waals surface area contributed by atoms with Gasteiger partial charge < -0.3 is 10.6 Å². The van der Waals surface area contributed by atoms with Gasteiger partial charge in [-0.25, -0.2) is 4.98 Å². The number of nitrogens with zero attached hydrogens (tertiary/aromatic N) is 1. The van der Waals surface area contributed by atoms with Crippen molar-refractivity contribution in [3.05, 3.63) is 40.7 Å². The fourth-order valence-electron chi connectivity index (χ4n) is 1.62. The average Bonchev–Trinajstić information content (AvgIpc) is 2.98.